The maximum atomic E-state index is 14.0. The minimum atomic E-state index is -0.791. The van der Waals surface area contributed by atoms with E-state index in [-0.39, 0.29) is 22.4 Å². The summed E-state index contributed by atoms with van der Waals surface area (Å²) in [5, 5.41) is 9.70. The number of methoxy groups -OCH3 is 1. The second-order valence-electron chi connectivity index (χ2n) is 7.38. The van der Waals surface area contributed by atoms with Gasteiger partial charge in [0.1, 0.15) is 29.9 Å². The third kappa shape index (κ3) is 4.27. The molecule has 0 saturated heterocycles. The smallest absolute Gasteiger partial charge is 0.270 e. The van der Waals surface area contributed by atoms with E-state index in [0.717, 1.165) is 15.9 Å². The van der Waals surface area contributed by atoms with Crippen molar-refractivity contribution in [2.24, 2.45) is 0 Å². The lowest BCUT2D eigenvalue weighted by atomic mass is 10.1. The Morgan fingerprint density at radius 3 is 2.24 bits per heavy atom. The van der Waals surface area contributed by atoms with Gasteiger partial charge in [0.25, 0.3) is 17.7 Å². The quantitative estimate of drug-likeness (QED) is 0.318. The molecule has 7 nitrogen and oxygen atoms in total. The lowest BCUT2D eigenvalue weighted by Gasteiger charge is -2.27. The number of nitrogens with zero attached hydrogens (tertiary/aromatic N) is 3. The molecule has 0 N–H and O–H groups in total. The van der Waals surface area contributed by atoms with Gasteiger partial charge in [0, 0.05) is 5.69 Å². The first-order valence-electron chi connectivity index (χ1n) is 10.2. The van der Waals surface area contributed by atoms with E-state index in [4.69, 9.17) is 4.74 Å². The van der Waals surface area contributed by atoms with Crippen molar-refractivity contribution < 1.29 is 23.5 Å². The van der Waals surface area contributed by atoms with E-state index in [1.54, 1.807) is 36.4 Å². The first-order chi connectivity index (χ1) is 16.4. The van der Waals surface area contributed by atoms with Gasteiger partial charge in [-0.15, -0.1) is 0 Å². The Morgan fingerprint density at radius 2 is 1.68 bits per heavy atom. The molecule has 1 aliphatic heterocycles. The molecule has 0 atom stereocenters. The number of imide groups is 1. The van der Waals surface area contributed by atoms with Crippen LogP contribution >= 0.6 is 0 Å². The maximum absolute atomic E-state index is 14.0. The SMILES string of the molecule is COc1ccc(C=C(C#N)C(=O)N(CN2C(=O)c3ccccc3C2=O)c2cccc(F)c2)cc1. The van der Waals surface area contributed by atoms with Gasteiger partial charge in [-0.1, -0.05) is 30.3 Å². The monoisotopic (exact) mass is 455 g/mol. The van der Waals surface area contributed by atoms with Gasteiger partial charge in [-0.3, -0.25) is 24.2 Å². The first kappa shape index (κ1) is 22.4. The highest BCUT2D eigenvalue weighted by Crippen LogP contribution is 2.26. The molecule has 0 unspecified atom stereocenters. The summed E-state index contributed by atoms with van der Waals surface area (Å²) in [6.45, 7) is -0.490. The number of benzene rings is 3. The third-order valence-electron chi connectivity index (χ3n) is 5.30. The first-order valence-corrected chi connectivity index (χ1v) is 10.2. The average molecular weight is 455 g/mol. The van der Waals surface area contributed by atoms with Gasteiger partial charge in [0.15, 0.2) is 0 Å². The molecule has 3 aromatic carbocycles. The molecular weight excluding hydrogens is 437 g/mol. The predicted molar refractivity (Wildman–Crippen MR) is 122 cm³/mol. The number of halogens is 1. The number of hydrogen-bond acceptors (Lipinski definition) is 5. The van der Waals surface area contributed by atoms with Crippen LogP contribution in [0.2, 0.25) is 0 Å². The van der Waals surface area contributed by atoms with Crippen molar-refractivity contribution in [2.45, 2.75) is 0 Å². The zero-order valence-corrected chi connectivity index (χ0v) is 18.1. The van der Waals surface area contributed by atoms with E-state index in [0.29, 0.717) is 11.3 Å². The van der Waals surface area contributed by atoms with Crippen LogP contribution in [0.4, 0.5) is 10.1 Å². The molecule has 168 valence electrons. The third-order valence-corrected chi connectivity index (χ3v) is 5.30. The van der Waals surface area contributed by atoms with Gasteiger partial charge in [0.05, 0.1) is 18.2 Å². The maximum Gasteiger partial charge on any atom is 0.270 e. The highest BCUT2D eigenvalue weighted by molar-refractivity contribution is 6.22. The molecule has 1 heterocycles. The molecule has 3 amide bonds. The number of rotatable bonds is 6. The Kier molecular flexibility index (Phi) is 6.19. The van der Waals surface area contributed by atoms with Crippen LogP contribution in [0, 0.1) is 17.1 Å². The van der Waals surface area contributed by atoms with Gasteiger partial charge in [-0.2, -0.15) is 5.26 Å². The van der Waals surface area contributed by atoms with Crippen molar-refractivity contribution in [1.29, 1.82) is 5.26 Å². The van der Waals surface area contributed by atoms with E-state index in [1.165, 1.54) is 43.5 Å². The molecule has 0 fully saturated rings. The minimum absolute atomic E-state index is 0.0948. The molecule has 0 aliphatic carbocycles. The largest absolute Gasteiger partial charge is 0.497 e. The predicted octanol–water partition coefficient (Wildman–Crippen LogP) is 4.03. The lowest BCUT2D eigenvalue weighted by molar-refractivity contribution is -0.114. The van der Waals surface area contributed by atoms with Crippen LogP contribution in [0.15, 0.2) is 78.4 Å². The number of carbonyl (C=O) groups is 3. The number of ether oxygens (including phenoxy) is 1. The van der Waals surface area contributed by atoms with Gasteiger partial charge in [0.2, 0.25) is 0 Å². The number of nitriles is 1. The molecule has 0 aromatic heterocycles. The standard InChI is InChI=1S/C26H18FN3O4/c1-34-21-11-9-17(10-12-21)13-18(15-28)24(31)29(20-6-4-5-19(27)14-20)16-30-25(32)22-7-2-3-8-23(22)26(30)33/h2-14H,16H2,1H3. The Balaban J connectivity index is 1.71. The highest BCUT2D eigenvalue weighted by atomic mass is 19.1. The topological polar surface area (TPSA) is 90.7 Å². The van der Waals surface area contributed by atoms with Crippen LogP contribution < -0.4 is 9.64 Å². The molecule has 0 bridgehead atoms. The molecule has 8 heteroatoms. The second-order valence-corrected chi connectivity index (χ2v) is 7.38. The molecule has 0 saturated carbocycles. The number of hydrogen-bond donors (Lipinski definition) is 0. The number of anilines is 1. The summed E-state index contributed by atoms with van der Waals surface area (Å²) in [6, 6.07) is 20.0. The Hall–Kier alpha value is -4.77. The molecule has 0 radical (unpaired) electrons. The van der Waals surface area contributed by atoms with Crippen LogP contribution in [-0.2, 0) is 4.79 Å². The molecule has 3 aromatic rings. The van der Waals surface area contributed by atoms with Gasteiger partial charge in [-0.25, -0.2) is 4.39 Å². The second kappa shape index (κ2) is 9.38. The average Bonchev–Trinajstić information content (AvgIpc) is 3.10. The van der Waals surface area contributed by atoms with Crippen LogP contribution in [0.25, 0.3) is 6.08 Å². The molecular formula is C26H18FN3O4. The van der Waals surface area contributed by atoms with E-state index in [1.807, 2.05) is 6.07 Å². The Morgan fingerprint density at radius 1 is 1.03 bits per heavy atom. The zero-order valence-electron chi connectivity index (χ0n) is 18.1. The van der Waals surface area contributed by atoms with E-state index < -0.39 is 30.2 Å². The highest BCUT2D eigenvalue weighted by Gasteiger charge is 2.37. The normalized spacial score (nSPS) is 12.9. The van der Waals surface area contributed by atoms with Crippen molar-refractivity contribution in [2.75, 3.05) is 18.7 Å². The summed E-state index contributed by atoms with van der Waals surface area (Å²) in [5.41, 5.74) is 0.830. The van der Waals surface area contributed by atoms with Crippen molar-refractivity contribution in [3.8, 4) is 11.8 Å². The summed E-state index contributed by atoms with van der Waals surface area (Å²) in [5.74, 6) is -1.95. The summed E-state index contributed by atoms with van der Waals surface area (Å²) >= 11 is 0. The van der Waals surface area contributed by atoms with Crippen molar-refractivity contribution in [3.05, 3.63) is 101 Å². The van der Waals surface area contributed by atoms with Gasteiger partial charge < -0.3 is 4.74 Å². The minimum Gasteiger partial charge on any atom is -0.497 e. The Labute approximate surface area is 194 Å². The van der Waals surface area contributed by atoms with E-state index in [9.17, 15) is 24.0 Å². The number of carbonyl (C=O) groups excluding carboxylic acids is 3. The van der Waals surface area contributed by atoms with Crippen LogP contribution in [0.1, 0.15) is 26.3 Å². The fourth-order valence-electron chi connectivity index (χ4n) is 3.57. The summed E-state index contributed by atoms with van der Waals surface area (Å²) < 4.78 is 19.1. The zero-order chi connectivity index (χ0) is 24.2. The molecule has 34 heavy (non-hydrogen) atoms. The number of fused-ring (bicyclic) bond motifs is 1. The van der Waals surface area contributed by atoms with Crippen molar-refractivity contribution in [1.82, 2.24) is 4.90 Å². The number of amides is 3. The van der Waals surface area contributed by atoms with Gasteiger partial charge >= 0.3 is 0 Å². The fourth-order valence-corrected chi connectivity index (χ4v) is 3.57. The van der Waals surface area contributed by atoms with Crippen LogP contribution in [0.3, 0.4) is 0 Å². The lowest BCUT2D eigenvalue weighted by Crippen LogP contribution is -2.44. The van der Waals surface area contributed by atoms with Crippen molar-refractivity contribution >= 4 is 29.5 Å². The van der Waals surface area contributed by atoms with E-state index in [2.05, 4.69) is 0 Å². The van der Waals surface area contributed by atoms with Crippen LogP contribution in [0.5, 0.6) is 5.75 Å². The van der Waals surface area contributed by atoms with E-state index >= 15 is 0 Å². The summed E-state index contributed by atoms with van der Waals surface area (Å²) in [6.07, 6.45) is 1.37. The molecule has 4 rings (SSSR count). The molecule has 0 spiro atoms. The molecule has 1 aliphatic rings. The van der Waals surface area contributed by atoms with Crippen molar-refractivity contribution in [3.63, 3.8) is 0 Å². The van der Waals surface area contributed by atoms with Crippen LogP contribution in [-0.4, -0.2) is 36.4 Å². The van der Waals surface area contributed by atoms with Gasteiger partial charge in [-0.05, 0) is 54.1 Å². The Bertz CT molecular complexity index is 1320. The summed E-state index contributed by atoms with van der Waals surface area (Å²) in [4.78, 5) is 41.1. The fraction of sp³-hybridized carbons (Fsp3) is 0.0769. The summed E-state index contributed by atoms with van der Waals surface area (Å²) in [7, 11) is 1.52.